The highest BCUT2D eigenvalue weighted by molar-refractivity contribution is 6.20. The summed E-state index contributed by atoms with van der Waals surface area (Å²) >= 11 is 0. The predicted octanol–water partition coefficient (Wildman–Crippen LogP) is 8.30. The zero-order chi connectivity index (χ0) is 20.4. The van der Waals surface area contributed by atoms with Crippen molar-refractivity contribution >= 4 is 21.8 Å². The third-order valence-electron chi connectivity index (χ3n) is 6.59. The lowest BCUT2D eigenvalue weighted by Crippen LogP contribution is -1.97. The normalized spacial score (nSPS) is 11.9. The van der Waals surface area contributed by atoms with Gasteiger partial charge in [0.2, 0.25) is 0 Å². The number of para-hydroxylation sites is 1. The van der Waals surface area contributed by atoms with Crippen LogP contribution >= 0.6 is 0 Å². The summed E-state index contributed by atoms with van der Waals surface area (Å²) in [6.07, 6.45) is 0. The molecule has 1 aromatic heterocycles. The fourth-order valence-corrected chi connectivity index (χ4v) is 5.29. The Bertz CT molecular complexity index is 1630. The first-order chi connectivity index (χ1) is 15.4. The van der Waals surface area contributed by atoms with E-state index in [4.69, 9.17) is 0 Å². The van der Waals surface area contributed by atoms with Crippen LogP contribution in [0.3, 0.4) is 0 Å². The van der Waals surface area contributed by atoms with Crippen molar-refractivity contribution < 1.29 is 0 Å². The number of hydrogen-bond acceptors (Lipinski definition) is 0. The summed E-state index contributed by atoms with van der Waals surface area (Å²) in [4.78, 5) is 3.64. The van der Waals surface area contributed by atoms with Gasteiger partial charge in [0.05, 0.1) is 0 Å². The average Bonchev–Trinajstić information content (AvgIpc) is 3.21. The number of rotatable bonds is 0. The Balaban J connectivity index is 1.76. The van der Waals surface area contributed by atoms with E-state index in [1.54, 1.807) is 0 Å². The van der Waals surface area contributed by atoms with Gasteiger partial charge in [-0.25, -0.2) is 0 Å². The lowest BCUT2D eigenvalue weighted by atomic mass is 9.79. The van der Waals surface area contributed by atoms with Crippen molar-refractivity contribution in [3.8, 4) is 44.5 Å². The van der Waals surface area contributed by atoms with E-state index in [1.165, 1.54) is 66.3 Å². The summed E-state index contributed by atoms with van der Waals surface area (Å²) in [5.41, 5.74) is 12.7. The van der Waals surface area contributed by atoms with Crippen LogP contribution in [0.25, 0.3) is 66.3 Å². The molecule has 0 spiro atoms. The molecule has 0 bridgehead atoms. The first kappa shape index (κ1) is 16.7. The van der Waals surface area contributed by atoms with Crippen molar-refractivity contribution in [1.29, 1.82) is 0 Å². The topological polar surface area (TPSA) is 15.8 Å². The molecule has 1 aliphatic carbocycles. The van der Waals surface area contributed by atoms with Crippen LogP contribution in [0.1, 0.15) is 0 Å². The fraction of sp³-hybridized carbons (Fsp3) is 0. The van der Waals surface area contributed by atoms with Gasteiger partial charge in [-0.3, -0.25) is 0 Å². The van der Waals surface area contributed by atoms with E-state index in [0.29, 0.717) is 0 Å². The molecule has 1 nitrogen and oxygen atoms in total. The molecular weight excluding hydrogens is 374 g/mol. The molecule has 0 unspecified atom stereocenters. The zero-order valence-electron chi connectivity index (χ0n) is 16.9. The highest BCUT2D eigenvalue weighted by Crippen LogP contribution is 2.50. The van der Waals surface area contributed by atoms with Gasteiger partial charge in [-0.15, -0.1) is 0 Å². The van der Waals surface area contributed by atoms with Crippen LogP contribution in [0, 0.1) is 0 Å². The molecule has 0 fully saturated rings. The van der Waals surface area contributed by atoms with Crippen LogP contribution < -0.4 is 0 Å². The monoisotopic (exact) mass is 393 g/mol. The molecule has 0 atom stereocenters. The smallest absolute Gasteiger partial charge is 0.0471 e. The molecule has 5 aromatic carbocycles. The molecule has 0 amide bonds. The van der Waals surface area contributed by atoms with Gasteiger partial charge in [0.15, 0.2) is 0 Å². The van der Waals surface area contributed by atoms with Gasteiger partial charge in [0.25, 0.3) is 0 Å². The van der Waals surface area contributed by atoms with Crippen molar-refractivity contribution in [3.05, 3.63) is 109 Å². The molecule has 1 aliphatic rings. The molecular formula is C30H19N. The Labute approximate surface area is 180 Å². The van der Waals surface area contributed by atoms with Gasteiger partial charge in [0, 0.05) is 27.4 Å². The van der Waals surface area contributed by atoms with Crippen LogP contribution in [0.4, 0.5) is 0 Å². The predicted molar refractivity (Wildman–Crippen MR) is 131 cm³/mol. The minimum Gasteiger partial charge on any atom is -0.354 e. The lowest BCUT2D eigenvalue weighted by Gasteiger charge is -2.23. The first-order valence-corrected chi connectivity index (χ1v) is 10.7. The molecule has 6 aromatic rings. The summed E-state index contributed by atoms with van der Waals surface area (Å²) in [5, 5.41) is 2.57. The second-order valence-corrected chi connectivity index (χ2v) is 8.22. The Morgan fingerprint density at radius 3 is 1.48 bits per heavy atom. The van der Waals surface area contributed by atoms with Crippen LogP contribution in [0.2, 0.25) is 0 Å². The largest absolute Gasteiger partial charge is 0.354 e. The SMILES string of the molecule is c1ccc2c(c1)-c1ccccc1-c1ccc3[nH]c4ccccc4c3c1-c1ccccc1-2. The third kappa shape index (κ3) is 2.26. The van der Waals surface area contributed by atoms with E-state index >= 15 is 0 Å². The molecule has 0 saturated heterocycles. The average molecular weight is 393 g/mol. The van der Waals surface area contributed by atoms with Gasteiger partial charge in [-0.05, 0) is 51.1 Å². The van der Waals surface area contributed by atoms with E-state index < -0.39 is 0 Å². The maximum atomic E-state index is 3.64. The quantitative estimate of drug-likeness (QED) is 0.267. The van der Waals surface area contributed by atoms with Gasteiger partial charge in [0.1, 0.15) is 0 Å². The summed E-state index contributed by atoms with van der Waals surface area (Å²) in [5.74, 6) is 0. The first-order valence-electron chi connectivity index (χ1n) is 10.7. The van der Waals surface area contributed by atoms with Crippen molar-refractivity contribution in [3.63, 3.8) is 0 Å². The minimum absolute atomic E-state index is 1.18. The Morgan fingerprint density at radius 1 is 0.355 bits per heavy atom. The van der Waals surface area contributed by atoms with Crippen molar-refractivity contribution in [2.24, 2.45) is 0 Å². The maximum Gasteiger partial charge on any atom is 0.0471 e. The number of aromatic nitrogens is 1. The van der Waals surface area contributed by atoms with E-state index in [0.717, 1.165) is 0 Å². The summed E-state index contributed by atoms with van der Waals surface area (Å²) < 4.78 is 0. The Kier molecular flexibility index (Phi) is 3.33. The maximum absolute atomic E-state index is 3.64. The Hall–Kier alpha value is -4.10. The minimum atomic E-state index is 1.18. The molecule has 0 radical (unpaired) electrons. The standard InChI is InChI=1S/C30H19N/c1-2-10-20-19(9-1)21-11-3-4-13-23(21)25-17-18-28-30(26-15-7-8-16-27(26)31-28)29(25)24-14-6-5-12-22(20)24/h1-18,31H. The number of nitrogens with one attached hydrogen (secondary N) is 1. The summed E-state index contributed by atoms with van der Waals surface area (Å²) in [6.45, 7) is 0. The summed E-state index contributed by atoms with van der Waals surface area (Å²) in [6, 6.07) is 39.6. The van der Waals surface area contributed by atoms with Gasteiger partial charge in [-0.2, -0.15) is 0 Å². The second kappa shape index (κ2) is 6.20. The molecule has 7 rings (SSSR count). The van der Waals surface area contributed by atoms with Gasteiger partial charge in [-0.1, -0.05) is 97.1 Å². The second-order valence-electron chi connectivity index (χ2n) is 8.22. The van der Waals surface area contributed by atoms with E-state index in [-0.39, 0.29) is 0 Å². The molecule has 1 heterocycles. The number of fused-ring (bicyclic) bond motifs is 12. The van der Waals surface area contributed by atoms with Crippen LogP contribution in [0.5, 0.6) is 0 Å². The van der Waals surface area contributed by atoms with Crippen LogP contribution in [-0.2, 0) is 0 Å². The number of hydrogen-bond donors (Lipinski definition) is 1. The van der Waals surface area contributed by atoms with Crippen molar-refractivity contribution in [1.82, 2.24) is 4.98 Å². The number of H-pyrrole nitrogens is 1. The molecule has 0 aliphatic heterocycles. The molecule has 1 N–H and O–H groups in total. The Morgan fingerprint density at radius 2 is 0.839 bits per heavy atom. The molecule has 1 heteroatoms. The fourth-order valence-electron chi connectivity index (χ4n) is 5.29. The third-order valence-corrected chi connectivity index (χ3v) is 6.59. The van der Waals surface area contributed by atoms with E-state index in [1.807, 2.05) is 0 Å². The molecule has 0 saturated carbocycles. The lowest BCUT2D eigenvalue weighted by molar-refractivity contribution is 1.52. The molecule has 31 heavy (non-hydrogen) atoms. The van der Waals surface area contributed by atoms with Gasteiger partial charge >= 0.3 is 0 Å². The van der Waals surface area contributed by atoms with E-state index in [2.05, 4.69) is 114 Å². The molecule has 144 valence electrons. The van der Waals surface area contributed by atoms with Crippen molar-refractivity contribution in [2.75, 3.05) is 0 Å². The highest BCUT2D eigenvalue weighted by atomic mass is 14.7. The van der Waals surface area contributed by atoms with Crippen LogP contribution in [0.15, 0.2) is 109 Å². The van der Waals surface area contributed by atoms with E-state index in [9.17, 15) is 0 Å². The zero-order valence-corrected chi connectivity index (χ0v) is 16.9. The summed E-state index contributed by atoms with van der Waals surface area (Å²) in [7, 11) is 0. The highest BCUT2D eigenvalue weighted by Gasteiger charge is 2.24. The van der Waals surface area contributed by atoms with Crippen LogP contribution in [-0.4, -0.2) is 4.98 Å². The van der Waals surface area contributed by atoms with Crippen molar-refractivity contribution in [2.45, 2.75) is 0 Å². The number of benzene rings is 5. The van der Waals surface area contributed by atoms with Gasteiger partial charge < -0.3 is 4.98 Å². The number of aromatic amines is 1.